The third-order valence-corrected chi connectivity index (χ3v) is 3.39. The summed E-state index contributed by atoms with van der Waals surface area (Å²) in [6.45, 7) is 0.936. The molecular weight excluding hydrogens is 244 g/mol. The molecule has 0 aliphatic carbocycles. The van der Waals surface area contributed by atoms with Crippen LogP contribution >= 0.6 is 0 Å². The molecule has 0 spiro atoms. The predicted molar refractivity (Wildman–Crippen MR) is 67.4 cm³/mol. The second kappa shape index (κ2) is 5.53. The van der Waals surface area contributed by atoms with Crippen LogP contribution in [0.5, 0.6) is 0 Å². The van der Waals surface area contributed by atoms with Gasteiger partial charge in [-0.1, -0.05) is 0 Å². The number of carbonyl (C=O) groups is 2. The molecule has 19 heavy (non-hydrogen) atoms. The Hall–Kier alpha value is -2.35. The van der Waals surface area contributed by atoms with Crippen LogP contribution < -0.4 is 0 Å². The molecule has 1 aromatic carbocycles. The number of carboxylic acids is 1. The Morgan fingerprint density at radius 2 is 1.79 bits per heavy atom. The number of rotatable bonds is 2. The summed E-state index contributed by atoms with van der Waals surface area (Å²) in [5.74, 6) is -1.23. The molecule has 0 aromatic heterocycles. The van der Waals surface area contributed by atoms with E-state index in [4.69, 9.17) is 10.4 Å². The van der Waals surface area contributed by atoms with Crippen molar-refractivity contribution in [1.82, 2.24) is 4.90 Å². The molecule has 5 heteroatoms. The van der Waals surface area contributed by atoms with Gasteiger partial charge in [-0.3, -0.25) is 9.59 Å². The van der Waals surface area contributed by atoms with Gasteiger partial charge in [0.1, 0.15) is 0 Å². The molecule has 1 fully saturated rings. The highest BCUT2D eigenvalue weighted by Crippen LogP contribution is 2.19. The lowest BCUT2D eigenvalue weighted by molar-refractivity contribution is -0.143. The van der Waals surface area contributed by atoms with Gasteiger partial charge in [-0.15, -0.1) is 0 Å². The molecule has 1 N–H and O–H groups in total. The topological polar surface area (TPSA) is 81.4 Å². The second-order valence-corrected chi connectivity index (χ2v) is 4.59. The minimum Gasteiger partial charge on any atom is -0.481 e. The van der Waals surface area contributed by atoms with Gasteiger partial charge in [0.05, 0.1) is 17.6 Å². The Morgan fingerprint density at radius 1 is 1.21 bits per heavy atom. The molecule has 1 amide bonds. The zero-order valence-electron chi connectivity index (χ0n) is 10.4. The second-order valence-electron chi connectivity index (χ2n) is 4.59. The van der Waals surface area contributed by atoms with Crippen LogP contribution in [0.1, 0.15) is 28.8 Å². The number of aliphatic carboxylic acids is 1. The summed E-state index contributed by atoms with van der Waals surface area (Å²) in [7, 11) is 0. The maximum atomic E-state index is 12.2. The van der Waals surface area contributed by atoms with Gasteiger partial charge in [0.15, 0.2) is 0 Å². The van der Waals surface area contributed by atoms with Crippen molar-refractivity contribution in [2.24, 2.45) is 5.92 Å². The number of piperidine rings is 1. The number of nitrogens with zero attached hydrogens (tertiary/aromatic N) is 2. The summed E-state index contributed by atoms with van der Waals surface area (Å²) in [4.78, 5) is 24.7. The molecule has 0 atom stereocenters. The summed E-state index contributed by atoms with van der Waals surface area (Å²) < 4.78 is 0. The van der Waals surface area contributed by atoms with Gasteiger partial charge in [-0.2, -0.15) is 5.26 Å². The van der Waals surface area contributed by atoms with Crippen LogP contribution in [0, 0.1) is 17.2 Å². The van der Waals surface area contributed by atoms with Gasteiger partial charge in [-0.05, 0) is 37.1 Å². The largest absolute Gasteiger partial charge is 0.481 e. The third-order valence-electron chi connectivity index (χ3n) is 3.39. The van der Waals surface area contributed by atoms with Crippen molar-refractivity contribution in [2.45, 2.75) is 12.8 Å². The van der Waals surface area contributed by atoms with Crippen LogP contribution in [0.25, 0.3) is 0 Å². The first-order chi connectivity index (χ1) is 9.11. The van der Waals surface area contributed by atoms with Gasteiger partial charge >= 0.3 is 5.97 Å². The van der Waals surface area contributed by atoms with Gasteiger partial charge in [0.25, 0.3) is 5.91 Å². The number of hydrogen-bond acceptors (Lipinski definition) is 3. The van der Waals surface area contributed by atoms with Crippen molar-refractivity contribution in [3.8, 4) is 6.07 Å². The number of benzene rings is 1. The summed E-state index contributed by atoms with van der Waals surface area (Å²) in [5.41, 5.74) is 1.05. The fourth-order valence-corrected chi connectivity index (χ4v) is 2.20. The highest BCUT2D eigenvalue weighted by atomic mass is 16.4. The van der Waals surface area contributed by atoms with Crippen LogP contribution in [0.4, 0.5) is 0 Å². The van der Waals surface area contributed by atoms with Crippen molar-refractivity contribution >= 4 is 11.9 Å². The van der Waals surface area contributed by atoms with Crippen LogP contribution in [0.2, 0.25) is 0 Å². The van der Waals surface area contributed by atoms with Crippen molar-refractivity contribution in [2.75, 3.05) is 13.1 Å². The summed E-state index contributed by atoms with van der Waals surface area (Å²) >= 11 is 0. The highest BCUT2D eigenvalue weighted by molar-refractivity contribution is 5.94. The summed E-state index contributed by atoms with van der Waals surface area (Å²) in [6, 6.07) is 8.48. The van der Waals surface area contributed by atoms with Crippen LogP contribution in [-0.4, -0.2) is 35.0 Å². The van der Waals surface area contributed by atoms with E-state index in [1.807, 2.05) is 6.07 Å². The van der Waals surface area contributed by atoms with E-state index in [2.05, 4.69) is 0 Å². The monoisotopic (exact) mass is 258 g/mol. The molecular formula is C14H14N2O3. The van der Waals surface area contributed by atoms with E-state index in [1.54, 1.807) is 29.2 Å². The Morgan fingerprint density at radius 3 is 2.26 bits per heavy atom. The van der Waals surface area contributed by atoms with E-state index in [0.29, 0.717) is 37.1 Å². The Bertz CT molecular complexity index is 523. The molecule has 0 radical (unpaired) electrons. The summed E-state index contributed by atoms with van der Waals surface area (Å²) in [6.07, 6.45) is 0.995. The standard InChI is InChI=1S/C14H14N2O3/c15-9-10-1-3-11(4-2-10)13(17)16-7-5-12(6-8-16)14(18)19/h1-4,12H,5-8H2,(H,18,19). The van der Waals surface area contributed by atoms with Gasteiger partial charge in [-0.25, -0.2) is 0 Å². The SMILES string of the molecule is N#Cc1ccc(C(=O)N2CCC(C(=O)O)CC2)cc1. The van der Waals surface area contributed by atoms with E-state index in [1.165, 1.54) is 0 Å². The molecule has 1 heterocycles. The molecule has 0 unspecified atom stereocenters. The van der Waals surface area contributed by atoms with Crippen LogP contribution in [0.3, 0.4) is 0 Å². The van der Waals surface area contributed by atoms with Crippen LogP contribution in [-0.2, 0) is 4.79 Å². The first-order valence-electron chi connectivity index (χ1n) is 6.14. The molecule has 1 aromatic rings. The van der Waals surface area contributed by atoms with Crippen LogP contribution in [0.15, 0.2) is 24.3 Å². The molecule has 0 saturated carbocycles. The van der Waals surface area contributed by atoms with Crippen molar-refractivity contribution in [1.29, 1.82) is 5.26 Å². The maximum absolute atomic E-state index is 12.2. The van der Waals surface area contributed by atoms with Gasteiger partial charge in [0, 0.05) is 18.7 Å². The highest BCUT2D eigenvalue weighted by Gasteiger charge is 2.27. The number of nitriles is 1. The fourth-order valence-electron chi connectivity index (χ4n) is 2.20. The quantitative estimate of drug-likeness (QED) is 0.871. The van der Waals surface area contributed by atoms with Crippen molar-refractivity contribution in [3.63, 3.8) is 0 Å². The molecule has 98 valence electrons. The molecule has 1 aliphatic rings. The fraction of sp³-hybridized carbons (Fsp3) is 0.357. The van der Waals surface area contributed by atoms with E-state index in [0.717, 1.165) is 0 Å². The van der Waals surface area contributed by atoms with Gasteiger partial charge < -0.3 is 10.0 Å². The number of amides is 1. The number of carboxylic acid groups (broad SMARTS) is 1. The molecule has 1 saturated heterocycles. The number of likely N-dealkylation sites (tertiary alicyclic amines) is 1. The van der Waals surface area contributed by atoms with E-state index >= 15 is 0 Å². The Kier molecular flexibility index (Phi) is 3.81. The Labute approximate surface area is 111 Å². The molecule has 5 nitrogen and oxygen atoms in total. The van der Waals surface area contributed by atoms with E-state index in [-0.39, 0.29) is 11.8 Å². The van der Waals surface area contributed by atoms with Gasteiger partial charge in [0.2, 0.25) is 0 Å². The lowest BCUT2D eigenvalue weighted by atomic mass is 9.96. The Balaban J connectivity index is 2.01. The normalized spacial score (nSPS) is 15.8. The lowest BCUT2D eigenvalue weighted by Gasteiger charge is -2.30. The molecule has 2 rings (SSSR count). The van der Waals surface area contributed by atoms with Crippen molar-refractivity contribution in [3.05, 3.63) is 35.4 Å². The number of hydrogen-bond donors (Lipinski definition) is 1. The lowest BCUT2D eigenvalue weighted by Crippen LogP contribution is -2.40. The predicted octanol–water partition coefficient (Wildman–Crippen LogP) is 1.50. The molecule has 1 aliphatic heterocycles. The smallest absolute Gasteiger partial charge is 0.306 e. The van der Waals surface area contributed by atoms with Crippen molar-refractivity contribution < 1.29 is 14.7 Å². The number of carbonyl (C=O) groups excluding carboxylic acids is 1. The maximum Gasteiger partial charge on any atom is 0.306 e. The van der Waals surface area contributed by atoms with E-state index in [9.17, 15) is 9.59 Å². The first kappa shape index (κ1) is 13.1. The van der Waals surface area contributed by atoms with E-state index < -0.39 is 5.97 Å². The first-order valence-corrected chi connectivity index (χ1v) is 6.14. The third kappa shape index (κ3) is 2.91. The zero-order valence-corrected chi connectivity index (χ0v) is 10.4. The summed E-state index contributed by atoms with van der Waals surface area (Å²) in [5, 5.41) is 17.6. The average molecular weight is 258 g/mol. The molecule has 0 bridgehead atoms. The zero-order chi connectivity index (χ0) is 13.8. The average Bonchev–Trinajstić information content (AvgIpc) is 2.46. The minimum absolute atomic E-state index is 0.103. The minimum atomic E-state index is -0.787.